The lowest BCUT2D eigenvalue weighted by atomic mass is 10.2. The third kappa shape index (κ3) is 1.72. The van der Waals surface area contributed by atoms with Crippen molar-refractivity contribution in [3.63, 3.8) is 0 Å². The van der Waals surface area contributed by atoms with Gasteiger partial charge in [-0.05, 0) is 13.0 Å². The van der Waals surface area contributed by atoms with Crippen LogP contribution in [0.15, 0.2) is 17.3 Å². The van der Waals surface area contributed by atoms with Gasteiger partial charge in [0.1, 0.15) is 0 Å². The molecule has 1 rings (SSSR count). The summed E-state index contributed by atoms with van der Waals surface area (Å²) in [5.41, 5.74) is 1.55. The Labute approximate surface area is 70.5 Å². The molecule has 64 valence electrons. The van der Waals surface area contributed by atoms with E-state index in [1.54, 1.807) is 19.2 Å². The average Bonchev–Trinajstić information content (AvgIpc) is 2.09. The van der Waals surface area contributed by atoms with E-state index in [0.717, 1.165) is 11.3 Å². The number of ether oxygens (including phenoxy) is 1. The molecule has 0 amide bonds. The molecule has 4 nitrogen and oxygen atoms in total. The van der Waals surface area contributed by atoms with Crippen LogP contribution in [0, 0.1) is 6.92 Å². The van der Waals surface area contributed by atoms with Gasteiger partial charge in [-0.2, -0.15) is 0 Å². The highest BCUT2D eigenvalue weighted by atomic mass is 16.5. The van der Waals surface area contributed by atoms with E-state index < -0.39 is 0 Å². The number of rotatable bonds is 2. The molecule has 0 fully saturated rings. The summed E-state index contributed by atoms with van der Waals surface area (Å²) in [6, 6.07) is 3.49. The van der Waals surface area contributed by atoms with Crippen molar-refractivity contribution in [1.82, 2.24) is 4.98 Å². The zero-order valence-corrected chi connectivity index (χ0v) is 6.98. The van der Waals surface area contributed by atoms with Gasteiger partial charge in [0.2, 0.25) is 5.88 Å². The summed E-state index contributed by atoms with van der Waals surface area (Å²) in [5.74, 6) is 0.558. The summed E-state index contributed by atoms with van der Waals surface area (Å²) in [4.78, 5) is 4.09. The lowest BCUT2D eigenvalue weighted by Crippen LogP contribution is -1.94. The molecule has 0 saturated heterocycles. The van der Waals surface area contributed by atoms with E-state index in [2.05, 4.69) is 10.1 Å². The van der Waals surface area contributed by atoms with Crippen molar-refractivity contribution < 1.29 is 9.94 Å². The number of aryl methyl sites for hydroxylation is 1. The zero-order chi connectivity index (χ0) is 8.97. The summed E-state index contributed by atoms with van der Waals surface area (Å²) in [7, 11) is 1.56. The van der Waals surface area contributed by atoms with Gasteiger partial charge in [0.05, 0.1) is 19.0 Å². The summed E-state index contributed by atoms with van der Waals surface area (Å²) in [6.45, 7) is 1.82. The second-order valence-electron chi connectivity index (χ2n) is 2.27. The van der Waals surface area contributed by atoms with Crippen LogP contribution in [0.5, 0.6) is 5.88 Å². The Bertz CT molecular complexity index is 297. The monoisotopic (exact) mass is 166 g/mol. The number of aromatic nitrogens is 1. The first-order chi connectivity index (χ1) is 5.77. The largest absolute Gasteiger partial charge is 0.481 e. The minimum Gasteiger partial charge on any atom is -0.481 e. The van der Waals surface area contributed by atoms with Crippen molar-refractivity contribution >= 4 is 6.21 Å². The first-order valence-electron chi connectivity index (χ1n) is 3.47. The fourth-order valence-electron chi connectivity index (χ4n) is 0.861. The first-order valence-corrected chi connectivity index (χ1v) is 3.47. The summed E-state index contributed by atoms with van der Waals surface area (Å²) >= 11 is 0. The van der Waals surface area contributed by atoms with E-state index >= 15 is 0 Å². The topological polar surface area (TPSA) is 54.7 Å². The van der Waals surface area contributed by atoms with Gasteiger partial charge in [-0.3, -0.25) is 0 Å². The van der Waals surface area contributed by atoms with Gasteiger partial charge in [-0.25, -0.2) is 4.98 Å². The van der Waals surface area contributed by atoms with Gasteiger partial charge in [-0.15, -0.1) is 0 Å². The Morgan fingerprint density at radius 1 is 1.58 bits per heavy atom. The Kier molecular flexibility index (Phi) is 2.63. The van der Waals surface area contributed by atoms with Crippen LogP contribution in [0.4, 0.5) is 0 Å². The minimum absolute atomic E-state index is 0.558. The highest BCUT2D eigenvalue weighted by Crippen LogP contribution is 2.09. The second-order valence-corrected chi connectivity index (χ2v) is 2.27. The van der Waals surface area contributed by atoms with Crippen molar-refractivity contribution in [1.29, 1.82) is 0 Å². The second kappa shape index (κ2) is 3.71. The van der Waals surface area contributed by atoms with Crippen LogP contribution in [0.25, 0.3) is 0 Å². The average molecular weight is 166 g/mol. The molecule has 0 aliphatic rings. The van der Waals surface area contributed by atoms with Crippen molar-refractivity contribution in [2.24, 2.45) is 5.16 Å². The maximum atomic E-state index is 8.28. The molecule has 1 N–H and O–H groups in total. The van der Waals surface area contributed by atoms with E-state index in [9.17, 15) is 0 Å². The first kappa shape index (κ1) is 8.52. The molecule has 1 aromatic heterocycles. The van der Waals surface area contributed by atoms with Crippen molar-refractivity contribution in [3.05, 3.63) is 23.4 Å². The van der Waals surface area contributed by atoms with Crippen molar-refractivity contribution in [2.45, 2.75) is 6.92 Å². The fourth-order valence-corrected chi connectivity index (χ4v) is 0.861. The van der Waals surface area contributed by atoms with Gasteiger partial charge in [0.15, 0.2) is 0 Å². The minimum atomic E-state index is 0.558. The van der Waals surface area contributed by atoms with Crippen LogP contribution in [-0.4, -0.2) is 23.5 Å². The number of methoxy groups -OCH3 is 1. The molecule has 0 atom stereocenters. The molecule has 0 aliphatic heterocycles. The van der Waals surface area contributed by atoms with E-state index in [1.165, 1.54) is 6.21 Å². The van der Waals surface area contributed by atoms with Crippen LogP contribution in [0.1, 0.15) is 11.3 Å². The van der Waals surface area contributed by atoms with Crippen molar-refractivity contribution in [2.75, 3.05) is 7.11 Å². The van der Waals surface area contributed by atoms with E-state index in [0.29, 0.717) is 5.88 Å². The molecule has 0 bridgehead atoms. The molecule has 0 saturated carbocycles. The third-order valence-corrected chi connectivity index (χ3v) is 1.51. The van der Waals surface area contributed by atoms with Crippen LogP contribution < -0.4 is 4.74 Å². The highest BCUT2D eigenvalue weighted by molar-refractivity contribution is 5.80. The summed E-state index contributed by atoms with van der Waals surface area (Å²) in [5, 5.41) is 11.2. The molecule has 0 unspecified atom stereocenters. The predicted molar refractivity (Wildman–Crippen MR) is 44.9 cm³/mol. The fraction of sp³-hybridized carbons (Fsp3) is 0.250. The smallest absolute Gasteiger partial charge is 0.213 e. The molecule has 0 aromatic carbocycles. The summed E-state index contributed by atoms with van der Waals surface area (Å²) < 4.78 is 4.91. The number of nitrogens with zero attached hydrogens (tertiary/aromatic N) is 2. The Balaban J connectivity index is 3.03. The highest BCUT2D eigenvalue weighted by Gasteiger charge is 1.98. The molecule has 12 heavy (non-hydrogen) atoms. The normalized spacial score (nSPS) is 10.5. The lowest BCUT2D eigenvalue weighted by Gasteiger charge is -2.01. The molecule has 4 heteroatoms. The van der Waals surface area contributed by atoms with Gasteiger partial charge >= 0.3 is 0 Å². The maximum Gasteiger partial charge on any atom is 0.213 e. The van der Waals surface area contributed by atoms with Crippen LogP contribution >= 0.6 is 0 Å². The Morgan fingerprint density at radius 2 is 2.33 bits per heavy atom. The molecule has 1 heterocycles. The van der Waals surface area contributed by atoms with E-state index in [4.69, 9.17) is 9.94 Å². The van der Waals surface area contributed by atoms with Crippen molar-refractivity contribution in [3.8, 4) is 5.88 Å². The lowest BCUT2D eigenvalue weighted by molar-refractivity contribution is 0.321. The van der Waals surface area contributed by atoms with E-state index in [-0.39, 0.29) is 0 Å². The molecule has 0 spiro atoms. The third-order valence-electron chi connectivity index (χ3n) is 1.51. The maximum absolute atomic E-state index is 8.28. The van der Waals surface area contributed by atoms with Crippen LogP contribution in [0.3, 0.4) is 0 Å². The number of hydrogen-bond acceptors (Lipinski definition) is 4. The Hall–Kier alpha value is -1.58. The van der Waals surface area contributed by atoms with Crippen LogP contribution in [0.2, 0.25) is 0 Å². The molecule has 0 aliphatic carbocycles. The van der Waals surface area contributed by atoms with Gasteiger partial charge in [-0.1, -0.05) is 5.16 Å². The molecular formula is C8H10N2O2. The van der Waals surface area contributed by atoms with Gasteiger partial charge < -0.3 is 9.94 Å². The Morgan fingerprint density at radius 3 is 2.83 bits per heavy atom. The number of hydrogen-bond donors (Lipinski definition) is 1. The predicted octanol–water partition coefficient (Wildman–Crippen LogP) is 1.21. The molecular weight excluding hydrogens is 156 g/mol. The quantitative estimate of drug-likeness (QED) is 0.408. The zero-order valence-electron chi connectivity index (χ0n) is 6.98. The summed E-state index contributed by atoms with van der Waals surface area (Å²) in [6.07, 6.45) is 1.34. The number of oxime groups is 1. The molecule has 0 radical (unpaired) electrons. The van der Waals surface area contributed by atoms with Crippen LogP contribution in [-0.2, 0) is 0 Å². The van der Waals surface area contributed by atoms with Gasteiger partial charge in [0, 0.05) is 11.6 Å². The van der Waals surface area contributed by atoms with E-state index in [1.807, 2.05) is 6.92 Å². The SMILES string of the molecule is COc1ccc(/C=N/O)c(C)n1. The standard InChI is InChI=1S/C8H10N2O2/c1-6-7(5-9-11)3-4-8(10-6)12-2/h3-5,11H,1-2H3/b9-5+. The van der Waals surface area contributed by atoms with Gasteiger partial charge in [0.25, 0.3) is 0 Å². The number of pyridine rings is 1. The molecule has 1 aromatic rings.